The van der Waals surface area contributed by atoms with Gasteiger partial charge >= 0.3 is 5.97 Å². The van der Waals surface area contributed by atoms with Gasteiger partial charge in [-0.2, -0.15) is 0 Å². The van der Waals surface area contributed by atoms with Gasteiger partial charge in [-0.3, -0.25) is 28.8 Å². The van der Waals surface area contributed by atoms with Gasteiger partial charge in [0.05, 0.1) is 6.54 Å². The van der Waals surface area contributed by atoms with E-state index in [2.05, 4.69) is 28.2 Å². The number of rotatable bonds is 8. The maximum absolute atomic E-state index is 14.1. The fraction of sp³-hybridized carbons (Fsp3) is 0.659. The maximum Gasteiger partial charge on any atom is 0.334 e. The van der Waals surface area contributed by atoms with Crippen molar-refractivity contribution in [1.29, 1.82) is 0 Å². The Morgan fingerprint density at radius 1 is 0.759 bits per heavy atom. The number of amides is 6. The number of ether oxygens (including phenoxy) is 1. The summed E-state index contributed by atoms with van der Waals surface area (Å²) in [4.78, 5) is 98.2. The first-order valence-electron chi connectivity index (χ1n) is 20.9. The SMILES string of the molecule is CCC(C)[C@@H]1NC(=O)CN(C)C(=O)[C@@H](Cc2ccccc2)N(C)C(=O)[C@H](C)NC(=O)[C@@H](CC(C)C)OC(=O)/C(C)=C/CC[C@H](C)[C@@H](C(C)CC)NC(=O)[C@@H](C)NC1=O. The monoisotopic (exact) mass is 811 g/mol. The molecule has 14 heteroatoms. The van der Waals surface area contributed by atoms with Crippen molar-refractivity contribution >= 4 is 41.4 Å². The van der Waals surface area contributed by atoms with E-state index in [1.807, 2.05) is 71.9 Å². The van der Waals surface area contributed by atoms with Crippen LogP contribution in [-0.4, -0.2) is 108 Å². The fourth-order valence-corrected chi connectivity index (χ4v) is 6.96. The van der Waals surface area contributed by atoms with Crippen LogP contribution in [0.15, 0.2) is 42.0 Å². The summed E-state index contributed by atoms with van der Waals surface area (Å²) in [6.07, 6.45) is 3.40. The molecule has 1 aliphatic rings. The highest BCUT2D eigenvalue weighted by atomic mass is 16.5. The van der Waals surface area contributed by atoms with E-state index in [-0.39, 0.29) is 48.5 Å². The van der Waals surface area contributed by atoms with Crippen LogP contribution >= 0.6 is 0 Å². The highest BCUT2D eigenvalue weighted by Gasteiger charge is 2.36. The molecule has 1 aromatic carbocycles. The van der Waals surface area contributed by atoms with Crippen molar-refractivity contribution in [2.75, 3.05) is 20.6 Å². The van der Waals surface area contributed by atoms with Gasteiger partial charge in [0.25, 0.3) is 5.91 Å². The molecule has 0 aromatic heterocycles. The third-order valence-corrected chi connectivity index (χ3v) is 11.2. The summed E-state index contributed by atoms with van der Waals surface area (Å²) in [6.45, 7) is 17.9. The van der Waals surface area contributed by atoms with E-state index in [4.69, 9.17) is 4.74 Å². The Bertz CT molecular complexity index is 1600. The summed E-state index contributed by atoms with van der Waals surface area (Å²) < 4.78 is 5.73. The number of allylic oxidation sites excluding steroid dienone is 1. The highest BCUT2D eigenvalue weighted by molar-refractivity contribution is 5.96. The van der Waals surface area contributed by atoms with Crippen molar-refractivity contribution in [3.63, 3.8) is 0 Å². The van der Waals surface area contributed by atoms with Crippen LogP contribution < -0.4 is 21.3 Å². The number of benzene rings is 1. The van der Waals surface area contributed by atoms with Gasteiger partial charge in [0, 0.05) is 32.1 Å². The van der Waals surface area contributed by atoms with E-state index in [0.29, 0.717) is 24.8 Å². The Morgan fingerprint density at radius 3 is 1.95 bits per heavy atom. The molecule has 4 N–H and O–H groups in total. The predicted molar refractivity (Wildman–Crippen MR) is 224 cm³/mol. The molecule has 1 heterocycles. The van der Waals surface area contributed by atoms with Crippen LogP contribution in [0.4, 0.5) is 0 Å². The van der Waals surface area contributed by atoms with E-state index in [0.717, 1.165) is 12.0 Å². The minimum atomic E-state index is -1.17. The number of hydrogen-bond acceptors (Lipinski definition) is 8. The minimum Gasteiger partial charge on any atom is -0.449 e. The van der Waals surface area contributed by atoms with Crippen LogP contribution in [0, 0.1) is 23.7 Å². The van der Waals surface area contributed by atoms with Gasteiger partial charge in [-0.1, -0.05) is 97.7 Å². The standard InChI is InChI=1S/C44H70N6O8/c1-13-27(5)37-29(7)19-18-20-30(8)44(57)58-35(23-26(3)4)40(53)46-32(10)42(55)50(12)34(24-33-21-16-15-17-22-33)43(56)49(11)25-36(51)47-38(28(6)14-2)41(54)45-31(9)39(52)48-37/h15-17,20-22,26-29,31-32,34-35,37-38H,13-14,18-19,23-25H2,1-12H3,(H,45,54)(H,46,53)(H,47,51)(H,48,52)/b30-20+/t27?,28?,29-,31+,32-,34+,35+,37+,38-/m0/s1. The second kappa shape index (κ2) is 23.6. The summed E-state index contributed by atoms with van der Waals surface area (Å²) in [7, 11) is 2.91. The third kappa shape index (κ3) is 14.9. The average Bonchev–Trinajstić information content (AvgIpc) is 3.18. The molecule has 2 unspecified atom stereocenters. The van der Waals surface area contributed by atoms with Gasteiger partial charge in [0.1, 0.15) is 24.2 Å². The van der Waals surface area contributed by atoms with E-state index in [1.54, 1.807) is 19.9 Å². The average molecular weight is 811 g/mol. The first-order valence-corrected chi connectivity index (χ1v) is 20.9. The number of hydrogen-bond donors (Lipinski definition) is 4. The molecule has 0 saturated heterocycles. The van der Waals surface area contributed by atoms with Crippen LogP contribution in [0.2, 0.25) is 0 Å². The first-order chi connectivity index (χ1) is 27.2. The Balaban J connectivity index is 2.57. The molecular formula is C44H70N6O8. The zero-order valence-corrected chi connectivity index (χ0v) is 36.8. The van der Waals surface area contributed by atoms with E-state index >= 15 is 0 Å². The van der Waals surface area contributed by atoms with Crippen LogP contribution in [-0.2, 0) is 44.7 Å². The number of likely N-dealkylation sites (N-methyl/N-ethyl adjacent to an activating group) is 2. The van der Waals surface area contributed by atoms with Crippen LogP contribution in [0.3, 0.4) is 0 Å². The Morgan fingerprint density at radius 2 is 1.36 bits per heavy atom. The molecule has 324 valence electrons. The second-order valence-corrected chi connectivity index (χ2v) is 16.6. The van der Waals surface area contributed by atoms with Gasteiger partial charge in [-0.25, -0.2) is 4.79 Å². The van der Waals surface area contributed by atoms with Crippen molar-refractivity contribution in [1.82, 2.24) is 31.1 Å². The summed E-state index contributed by atoms with van der Waals surface area (Å²) >= 11 is 0. The van der Waals surface area contributed by atoms with Gasteiger partial charge < -0.3 is 35.8 Å². The lowest BCUT2D eigenvalue weighted by Gasteiger charge is -2.33. The number of carbonyl (C=O) groups is 7. The Hall–Kier alpha value is -4.75. The van der Waals surface area contributed by atoms with E-state index in [1.165, 1.54) is 30.8 Å². The third-order valence-electron chi connectivity index (χ3n) is 11.2. The molecular weight excluding hydrogens is 741 g/mol. The molecule has 1 aromatic rings. The maximum atomic E-state index is 14.1. The molecule has 58 heavy (non-hydrogen) atoms. The Labute approximate surface area is 346 Å². The van der Waals surface area contributed by atoms with Gasteiger partial charge in [-0.15, -0.1) is 0 Å². The smallest absolute Gasteiger partial charge is 0.334 e. The summed E-state index contributed by atoms with van der Waals surface area (Å²) in [6, 6.07) is 4.79. The molecule has 2 rings (SSSR count). The second-order valence-electron chi connectivity index (χ2n) is 16.6. The highest BCUT2D eigenvalue weighted by Crippen LogP contribution is 2.22. The largest absolute Gasteiger partial charge is 0.449 e. The predicted octanol–water partition coefficient (Wildman–Crippen LogP) is 3.92. The van der Waals surface area contributed by atoms with Crippen molar-refractivity contribution in [2.24, 2.45) is 23.7 Å². The topological polar surface area (TPSA) is 183 Å². The fourth-order valence-electron chi connectivity index (χ4n) is 6.96. The van der Waals surface area contributed by atoms with Gasteiger partial charge in [0.15, 0.2) is 6.10 Å². The summed E-state index contributed by atoms with van der Waals surface area (Å²) in [5.74, 6) is -4.11. The van der Waals surface area contributed by atoms with Gasteiger partial charge in [-0.05, 0) is 69.3 Å². The minimum absolute atomic E-state index is 0.00352. The number of nitrogens with zero attached hydrogens (tertiary/aromatic N) is 2. The molecule has 6 amide bonds. The summed E-state index contributed by atoms with van der Waals surface area (Å²) in [5.41, 5.74) is 1.09. The van der Waals surface area contributed by atoms with Crippen molar-refractivity contribution in [3.8, 4) is 0 Å². The quantitative estimate of drug-likeness (QED) is 0.285. The van der Waals surface area contributed by atoms with Crippen LogP contribution in [0.5, 0.6) is 0 Å². The lowest BCUT2D eigenvalue weighted by atomic mass is 9.85. The first kappa shape index (κ1) is 49.4. The lowest BCUT2D eigenvalue weighted by molar-refractivity contribution is -0.154. The normalized spacial score (nSPS) is 28.1. The van der Waals surface area contributed by atoms with E-state index in [9.17, 15) is 33.6 Å². The van der Waals surface area contributed by atoms with Crippen molar-refractivity contribution < 1.29 is 38.3 Å². The van der Waals surface area contributed by atoms with Gasteiger partial charge in [0.2, 0.25) is 29.5 Å². The number of esters is 1. The zero-order valence-electron chi connectivity index (χ0n) is 36.8. The molecule has 0 radical (unpaired) electrons. The number of nitrogens with one attached hydrogen (secondary N) is 4. The molecule has 0 fully saturated rings. The Kier molecular flexibility index (Phi) is 20.1. The molecule has 0 saturated carbocycles. The van der Waals surface area contributed by atoms with Crippen molar-refractivity contribution in [2.45, 2.75) is 144 Å². The molecule has 0 bridgehead atoms. The number of carbonyl (C=O) groups excluding carboxylic acids is 7. The lowest BCUT2D eigenvalue weighted by Crippen LogP contribution is -2.58. The molecule has 14 nitrogen and oxygen atoms in total. The van der Waals surface area contributed by atoms with E-state index < -0.39 is 72.3 Å². The molecule has 9 atom stereocenters. The molecule has 1 aliphatic heterocycles. The van der Waals surface area contributed by atoms with Crippen molar-refractivity contribution in [3.05, 3.63) is 47.5 Å². The zero-order chi connectivity index (χ0) is 43.9. The summed E-state index contributed by atoms with van der Waals surface area (Å²) in [5, 5.41) is 11.4. The van der Waals surface area contributed by atoms with Crippen LogP contribution in [0.25, 0.3) is 0 Å². The van der Waals surface area contributed by atoms with Crippen LogP contribution in [0.1, 0.15) is 107 Å². The molecule has 0 aliphatic carbocycles. The number of cyclic esters (lactones) is 1. The molecule has 0 spiro atoms.